The maximum absolute atomic E-state index is 5.49. The number of amidine groups is 1. The van der Waals surface area contributed by atoms with Crippen LogP contribution in [0.3, 0.4) is 0 Å². The van der Waals surface area contributed by atoms with Crippen LogP contribution in [0, 0.1) is 0 Å². The van der Waals surface area contributed by atoms with Gasteiger partial charge in [-0.2, -0.15) is 4.51 Å². The summed E-state index contributed by atoms with van der Waals surface area (Å²) in [5, 5.41) is 2.76. The second kappa shape index (κ2) is 3.03. The monoisotopic (exact) mass is 201 g/mol. The summed E-state index contributed by atoms with van der Waals surface area (Å²) in [4.78, 5) is 4.32. The molecule has 0 saturated heterocycles. The first-order valence-corrected chi connectivity index (χ1v) is 4.93. The lowest BCUT2D eigenvalue weighted by molar-refractivity contribution is 1.05. The molecule has 0 radical (unpaired) electrons. The molecule has 1 aromatic heterocycles. The number of nitrogens with zero attached hydrogens (tertiary/aromatic N) is 2. The molecule has 64 valence electrons. The summed E-state index contributed by atoms with van der Waals surface area (Å²) in [6.07, 6.45) is 2.50. The Morgan fingerprint density at radius 2 is 2.50 bits per heavy atom. The summed E-state index contributed by atoms with van der Waals surface area (Å²) < 4.78 is 3.37. The predicted octanol–water partition coefficient (Wildman–Crippen LogP) is 1.88. The Morgan fingerprint density at radius 3 is 3.08 bits per heavy atom. The van der Waals surface area contributed by atoms with Gasteiger partial charge in [-0.05, 0) is 12.8 Å². The highest BCUT2D eigenvalue weighted by Crippen LogP contribution is 2.40. The van der Waals surface area contributed by atoms with Crippen LogP contribution >= 0.6 is 23.1 Å². The van der Waals surface area contributed by atoms with Gasteiger partial charge in [0.05, 0.1) is 5.69 Å². The summed E-state index contributed by atoms with van der Waals surface area (Å²) in [6, 6.07) is 0. The molecule has 2 rings (SSSR count). The van der Waals surface area contributed by atoms with Crippen molar-refractivity contribution in [3.05, 3.63) is 16.1 Å². The molecule has 5 heteroatoms. The van der Waals surface area contributed by atoms with Gasteiger partial charge in [-0.1, -0.05) is 0 Å². The predicted molar refractivity (Wildman–Crippen MR) is 50.7 cm³/mol. The number of thiazole rings is 1. The molecule has 1 aliphatic rings. The highest BCUT2D eigenvalue weighted by Gasteiger charge is 2.26. The van der Waals surface area contributed by atoms with Crippen LogP contribution in [0.1, 0.15) is 29.5 Å². The van der Waals surface area contributed by atoms with Crippen LogP contribution < -0.4 is 5.73 Å². The normalized spacial score (nSPS) is 18.2. The van der Waals surface area contributed by atoms with Crippen molar-refractivity contribution >= 4 is 28.9 Å². The van der Waals surface area contributed by atoms with Crippen LogP contribution in [-0.4, -0.2) is 10.8 Å². The van der Waals surface area contributed by atoms with Crippen molar-refractivity contribution < 1.29 is 0 Å². The van der Waals surface area contributed by atoms with Crippen LogP contribution in [0.4, 0.5) is 0 Å². The smallest absolute Gasteiger partial charge is 0.174 e. The zero-order valence-corrected chi connectivity index (χ0v) is 7.90. The second-order valence-corrected chi connectivity index (χ2v) is 3.85. The molecule has 2 N–H and O–H groups in total. The average molecular weight is 202 g/mol. The lowest BCUT2D eigenvalue weighted by Crippen LogP contribution is -2.11. The van der Waals surface area contributed by atoms with Gasteiger partial charge in [0.25, 0.3) is 0 Å². The van der Waals surface area contributed by atoms with Gasteiger partial charge in [-0.3, -0.25) is 0 Å². The SMILES string of the molecule is N/C(=N\Cl)c1nc(C2CC2)cs1. The number of hydrogen-bond acceptors (Lipinski definition) is 3. The molecule has 1 saturated carbocycles. The zero-order valence-electron chi connectivity index (χ0n) is 6.33. The summed E-state index contributed by atoms with van der Waals surface area (Å²) >= 11 is 6.72. The molecule has 1 aromatic rings. The maximum atomic E-state index is 5.49. The molecular weight excluding hydrogens is 194 g/mol. The van der Waals surface area contributed by atoms with Crippen molar-refractivity contribution in [3.8, 4) is 0 Å². The van der Waals surface area contributed by atoms with E-state index in [9.17, 15) is 0 Å². The number of hydrogen-bond donors (Lipinski definition) is 1. The van der Waals surface area contributed by atoms with Gasteiger partial charge in [0.15, 0.2) is 10.8 Å². The van der Waals surface area contributed by atoms with Gasteiger partial charge in [-0.25, -0.2) is 4.98 Å². The molecule has 1 aliphatic carbocycles. The van der Waals surface area contributed by atoms with E-state index >= 15 is 0 Å². The molecule has 0 aliphatic heterocycles. The average Bonchev–Trinajstić information content (AvgIpc) is 2.83. The fourth-order valence-corrected chi connectivity index (χ4v) is 1.94. The number of aromatic nitrogens is 1. The van der Waals surface area contributed by atoms with E-state index in [4.69, 9.17) is 17.5 Å². The Hall–Kier alpha value is -0.610. The first-order chi connectivity index (χ1) is 5.81. The Labute approximate surface area is 79.4 Å². The van der Waals surface area contributed by atoms with Crippen molar-refractivity contribution in [2.45, 2.75) is 18.8 Å². The van der Waals surface area contributed by atoms with Crippen molar-refractivity contribution in [1.82, 2.24) is 4.98 Å². The van der Waals surface area contributed by atoms with E-state index in [0.29, 0.717) is 11.8 Å². The highest BCUT2D eigenvalue weighted by atomic mass is 35.5. The first-order valence-electron chi connectivity index (χ1n) is 3.71. The third-order valence-electron chi connectivity index (χ3n) is 1.83. The maximum Gasteiger partial charge on any atom is 0.174 e. The van der Waals surface area contributed by atoms with E-state index in [-0.39, 0.29) is 0 Å². The Bertz CT molecular complexity index is 316. The molecule has 0 atom stereocenters. The van der Waals surface area contributed by atoms with Crippen LogP contribution in [0.15, 0.2) is 9.89 Å². The van der Waals surface area contributed by atoms with Crippen LogP contribution in [0.2, 0.25) is 0 Å². The summed E-state index contributed by atoms with van der Waals surface area (Å²) in [6.45, 7) is 0. The first kappa shape index (κ1) is 8.01. The number of halogens is 1. The fraction of sp³-hybridized carbons (Fsp3) is 0.429. The highest BCUT2D eigenvalue weighted by molar-refractivity contribution is 7.11. The van der Waals surface area contributed by atoms with Crippen LogP contribution in [0.5, 0.6) is 0 Å². The van der Waals surface area contributed by atoms with Crippen LogP contribution in [0.25, 0.3) is 0 Å². The quantitative estimate of drug-likeness (QED) is 0.587. The minimum absolute atomic E-state index is 0.313. The molecule has 0 aromatic carbocycles. The van der Waals surface area contributed by atoms with Gasteiger partial charge in [0, 0.05) is 23.1 Å². The van der Waals surface area contributed by atoms with Crippen molar-refractivity contribution in [2.24, 2.45) is 10.2 Å². The molecule has 12 heavy (non-hydrogen) atoms. The van der Waals surface area contributed by atoms with Crippen LogP contribution in [-0.2, 0) is 0 Å². The largest absolute Gasteiger partial charge is 0.380 e. The molecule has 3 nitrogen and oxygen atoms in total. The Balaban J connectivity index is 2.23. The van der Waals surface area contributed by atoms with Gasteiger partial charge in [0.2, 0.25) is 0 Å². The summed E-state index contributed by atoms with van der Waals surface area (Å²) in [5.74, 6) is 0.978. The van der Waals surface area contributed by atoms with E-state index in [1.807, 2.05) is 5.38 Å². The van der Waals surface area contributed by atoms with Gasteiger partial charge in [-0.15, -0.1) is 11.3 Å². The molecule has 0 spiro atoms. The lowest BCUT2D eigenvalue weighted by atomic mass is 10.3. The topological polar surface area (TPSA) is 51.3 Å². The molecule has 1 heterocycles. The molecular formula is C7H8ClN3S. The van der Waals surface area contributed by atoms with Crippen molar-refractivity contribution in [1.29, 1.82) is 0 Å². The molecule has 0 bridgehead atoms. The van der Waals surface area contributed by atoms with Gasteiger partial charge < -0.3 is 5.73 Å². The Kier molecular flexibility index (Phi) is 2.02. The minimum atomic E-state index is 0.313. The van der Waals surface area contributed by atoms with Crippen molar-refractivity contribution in [2.75, 3.05) is 0 Å². The zero-order chi connectivity index (χ0) is 8.55. The van der Waals surface area contributed by atoms with E-state index in [2.05, 4.69) is 9.50 Å². The minimum Gasteiger partial charge on any atom is -0.380 e. The van der Waals surface area contributed by atoms with E-state index < -0.39 is 0 Å². The summed E-state index contributed by atoms with van der Waals surface area (Å²) in [5.41, 5.74) is 6.63. The van der Waals surface area contributed by atoms with Crippen molar-refractivity contribution in [3.63, 3.8) is 0 Å². The Morgan fingerprint density at radius 1 is 1.75 bits per heavy atom. The molecule has 0 unspecified atom stereocenters. The van der Waals surface area contributed by atoms with Gasteiger partial charge in [0.1, 0.15) is 0 Å². The third kappa shape index (κ3) is 1.44. The standard InChI is InChI=1S/C7H8ClN3S/c8-11-6(9)7-10-5(3-12-7)4-1-2-4/h3-4H,1-2H2,(H2,9,11). The number of rotatable bonds is 2. The van der Waals surface area contributed by atoms with E-state index in [1.54, 1.807) is 0 Å². The fourth-order valence-electron chi connectivity index (χ4n) is 1.01. The van der Waals surface area contributed by atoms with Gasteiger partial charge >= 0.3 is 0 Å². The second-order valence-electron chi connectivity index (χ2n) is 2.82. The molecule has 1 fully saturated rings. The van der Waals surface area contributed by atoms with E-state index in [1.165, 1.54) is 24.2 Å². The lowest BCUT2D eigenvalue weighted by Gasteiger charge is -1.89. The third-order valence-corrected chi connectivity index (χ3v) is 2.89. The number of nitrogens with two attached hydrogens (primary N) is 1. The van der Waals surface area contributed by atoms with E-state index in [0.717, 1.165) is 10.7 Å². The molecule has 0 amide bonds. The summed E-state index contributed by atoms with van der Waals surface area (Å²) in [7, 11) is 0.